The van der Waals surface area contributed by atoms with Crippen LogP contribution in [0.25, 0.3) is 0 Å². The standard InChI is InChI=1S/C13H21N5O3/c19-12(20)1-4-16-7-9-18(10-8-16)13(21)15-3-6-17-5-2-14-11-17/h2,5,11H,1,3-4,6-10H2,(H,15,21)(H,19,20). The van der Waals surface area contributed by atoms with E-state index in [9.17, 15) is 9.59 Å². The van der Waals surface area contributed by atoms with Gasteiger partial charge in [0.1, 0.15) is 0 Å². The van der Waals surface area contributed by atoms with Crippen molar-refractivity contribution in [2.24, 2.45) is 0 Å². The van der Waals surface area contributed by atoms with Gasteiger partial charge in [0.2, 0.25) is 0 Å². The van der Waals surface area contributed by atoms with Crippen LogP contribution in [0, 0.1) is 0 Å². The second-order valence-corrected chi connectivity index (χ2v) is 5.00. The molecule has 2 heterocycles. The fraction of sp³-hybridized carbons (Fsp3) is 0.615. The predicted octanol–water partition coefficient (Wildman–Crippen LogP) is -0.315. The van der Waals surface area contributed by atoms with Crippen molar-refractivity contribution in [2.75, 3.05) is 39.3 Å². The molecule has 2 N–H and O–H groups in total. The van der Waals surface area contributed by atoms with Gasteiger partial charge in [-0.05, 0) is 0 Å². The maximum Gasteiger partial charge on any atom is 0.317 e. The number of carbonyl (C=O) groups is 2. The number of carboxylic acids is 1. The summed E-state index contributed by atoms with van der Waals surface area (Å²) in [5.41, 5.74) is 0. The number of urea groups is 1. The average molecular weight is 295 g/mol. The van der Waals surface area contributed by atoms with Gasteiger partial charge in [0, 0.05) is 58.2 Å². The molecular formula is C13H21N5O3. The topological polar surface area (TPSA) is 90.7 Å². The van der Waals surface area contributed by atoms with E-state index in [0.717, 1.165) is 13.1 Å². The Labute approximate surface area is 123 Å². The Kier molecular flexibility index (Phi) is 5.56. The molecule has 1 aliphatic rings. The van der Waals surface area contributed by atoms with E-state index in [1.54, 1.807) is 17.4 Å². The lowest BCUT2D eigenvalue weighted by atomic mass is 10.3. The van der Waals surface area contributed by atoms with Crippen molar-refractivity contribution in [3.8, 4) is 0 Å². The van der Waals surface area contributed by atoms with Crippen molar-refractivity contribution in [3.63, 3.8) is 0 Å². The lowest BCUT2D eigenvalue weighted by molar-refractivity contribution is -0.137. The van der Waals surface area contributed by atoms with Crippen molar-refractivity contribution in [3.05, 3.63) is 18.7 Å². The second kappa shape index (κ2) is 7.63. The molecule has 1 aromatic rings. The number of hydrogen-bond donors (Lipinski definition) is 2. The Hall–Kier alpha value is -2.09. The van der Waals surface area contributed by atoms with Crippen LogP contribution in [0.4, 0.5) is 4.79 Å². The zero-order valence-corrected chi connectivity index (χ0v) is 11.9. The Morgan fingerprint density at radius 1 is 1.19 bits per heavy atom. The van der Waals surface area contributed by atoms with Gasteiger partial charge >= 0.3 is 12.0 Å². The number of carboxylic acid groups (broad SMARTS) is 1. The Morgan fingerprint density at radius 2 is 1.95 bits per heavy atom. The summed E-state index contributed by atoms with van der Waals surface area (Å²) in [5, 5.41) is 11.5. The molecule has 8 heteroatoms. The maximum atomic E-state index is 12.0. The van der Waals surface area contributed by atoms with Crippen LogP contribution < -0.4 is 5.32 Å². The van der Waals surface area contributed by atoms with Crippen molar-refractivity contribution in [1.29, 1.82) is 0 Å². The highest BCUT2D eigenvalue weighted by Crippen LogP contribution is 2.02. The predicted molar refractivity (Wildman–Crippen MR) is 75.9 cm³/mol. The molecule has 0 unspecified atom stereocenters. The first-order chi connectivity index (χ1) is 10.1. The van der Waals surface area contributed by atoms with E-state index in [1.807, 2.05) is 10.8 Å². The molecule has 0 aromatic carbocycles. The minimum Gasteiger partial charge on any atom is -0.481 e. The van der Waals surface area contributed by atoms with E-state index in [2.05, 4.69) is 15.2 Å². The molecule has 2 amide bonds. The summed E-state index contributed by atoms with van der Waals surface area (Å²) in [4.78, 5) is 30.3. The SMILES string of the molecule is O=C(O)CCN1CCN(C(=O)NCCn2ccnc2)CC1. The molecule has 116 valence electrons. The van der Waals surface area contributed by atoms with Crippen molar-refractivity contribution >= 4 is 12.0 Å². The van der Waals surface area contributed by atoms with Crippen LogP contribution in [0.3, 0.4) is 0 Å². The van der Waals surface area contributed by atoms with Crippen molar-refractivity contribution in [2.45, 2.75) is 13.0 Å². The molecule has 21 heavy (non-hydrogen) atoms. The monoisotopic (exact) mass is 295 g/mol. The Morgan fingerprint density at radius 3 is 2.57 bits per heavy atom. The second-order valence-electron chi connectivity index (χ2n) is 5.00. The quantitative estimate of drug-likeness (QED) is 0.751. The number of hydrogen-bond acceptors (Lipinski definition) is 4. The van der Waals surface area contributed by atoms with Crippen molar-refractivity contribution in [1.82, 2.24) is 24.7 Å². The van der Waals surface area contributed by atoms with Gasteiger partial charge in [-0.1, -0.05) is 0 Å². The highest BCUT2D eigenvalue weighted by molar-refractivity contribution is 5.74. The molecule has 1 saturated heterocycles. The molecule has 8 nitrogen and oxygen atoms in total. The van der Waals surface area contributed by atoms with Gasteiger partial charge in [-0.2, -0.15) is 0 Å². The van der Waals surface area contributed by atoms with Gasteiger partial charge in [0.25, 0.3) is 0 Å². The third-order valence-corrected chi connectivity index (χ3v) is 3.51. The molecule has 0 atom stereocenters. The van der Waals surface area contributed by atoms with Crippen LogP contribution in [0.5, 0.6) is 0 Å². The van der Waals surface area contributed by atoms with Crippen molar-refractivity contribution < 1.29 is 14.7 Å². The number of amides is 2. The highest BCUT2D eigenvalue weighted by Gasteiger charge is 2.20. The van der Waals surface area contributed by atoms with E-state index < -0.39 is 5.97 Å². The lowest BCUT2D eigenvalue weighted by Gasteiger charge is -2.34. The van der Waals surface area contributed by atoms with Gasteiger partial charge in [-0.3, -0.25) is 9.69 Å². The first-order valence-corrected chi connectivity index (χ1v) is 7.08. The molecule has 2 rings (SSSR count). The molecular weight excluding hydrogens is 274 g/mol. The van der Waals surface area contributed by atoms with Gasteiger partial charge in [-0.15, -0.1) is 0 Å². The fourth-order valence-corrected chi connectivity index (χ4v) is 2.25. The fourth-order valence-electron chi connectivity index (χ4n) is 2.25. The number of carbonyl (C=O) groups excluding carboxylic acids is 1. The van der Waals surface area contributed by atoms with Crippen LogP contribution in [-0.2, 0) is 11.3 Å². The van der Waals surface area contributed by atoms with Crippen LogP contribution in [0.15, 0.2) is 18.7 Å². The number of nitrogens with one attached hydrogen (secondary N) is 1. The molecule has 0 saturated carbocycles. The summed E-state index contributed by atoms with van der Waals surface area (Å²) >= 11 is 0. The number of aromatic nitrogens is 2. The molecule has 1 aromatic heterocycles. The summed E-state index contributed by atoms with van der Waals surface area (Å²) in [7, 11) is 0. The molecule has 0 radical (unpaired) electrons. The van der Waals surface area contributed by atoms with Crippen LogP contribution in [0.2, 0.25) is 0 Å². The first-order valence-electron chi connectivity index (χ1n) is 7.08. The third kappa shape index (κ3) is 5.07. The van der Waals surface area contributed by atoms with Crippen LogP contribution in [0.1, 0.15) is 6.42 Å². The van der Waals surface area contributed by atoms with Crippen LogP contribution in [-0.4, -0.2) is 75.7 Å². The molecule has 0 bridgehead atoms. The summed E-state index contributed by atoms with van der Waals surface area (Å²) < 4.78 is 1.91. The number of aliphatic carboxylic acids is 1. The molecule has 1 aliphatic heterocycles. The van der Waals surface area contributed by atoms with Gasteiger partial charge < -0.3 is 19.9 Å². The lowest BCUT2D eigenvalue weighted by Crippen LogP contribution is -2.52. The molecule has 0 spiro atoms. The van der Waals surface area contributed by atoms with Gasteiger partial charge in [0.05, 0.1) is 12.7 Å². The van der Waals surface area contributed by atoms with Gasteiger partial charge in [0.15, 0.2) is 0 Å². The summed E-state index contributed by atoms with van der Waals surface area (Å²) in [6.45, 7) is 4.53. The number of piperazine rings is 1. The number of nitrogens with zero attached hydrogens (tertiary/aromatic N) is 4. The van der Waals surface area contributed by atoms with E-state index in [4.69, 9.17) is 5.11 Å². The first kappa shape index (κ1) is 15.3. The summed E-state index contributed by atoms with van der Waals surface area (Å²) in [5.74, 6) is -0.783. The Balaban J connectivity index is 1.62. The smallest absolute Gasteiger partial charge is 0.317 e. The maximum absolute atomic E-state index is 12.0. The largest absolute Gasteiger partial charge is 0.481 e. The normalized spacial score (nSPS) is 15.9. The van der Waals surface area contributed by atoms with E-state index >= 15 is 0 Å². The molecule has 0 aliphatic carbocycles. The third-order valence-electron chi connectivity index (χ3n) is 3.51. The summed E-state index contributed by atoms with van der Waals surface area (Å²) in [6, 6.07) is -0.0620. The van der Waals surface area contributed by atoms with E-state index in [0.29, 0.717) is 32.7 Å². The Bertz CT molecular complexity index is 454. The minimum atomic E-state index is -0.783. The highest BCUT2D eigenvalue weighted by atomic mass is 16.4. The molecule has 1 fully saturated rings. The van der Waals surface area contributed by atoms with Gasteiger partial charge in [-0.25, -0.2) is 9.78 Å². The minimum absolute atomic E-state index is 0.0620. The van der Waals surface area contributed by atoms with E-state index in [-0.39, 0.29) is 12.5 Å². The van der Waals surface area contributed by atoms with E-state index in [1.165, 1.54) is 0 Å². The number of imidazole rings is 1. The van der Waals surface area contributed by atoms with Crippen LogP contribution >= 0.6 is 0 Å². The zero-order chi connectivity index (χ0) is 15.1. The zero-order valence-electron chi connectivity index (χ0n) is 11.9. The summed E-state index contributed by atoms with van der Waals surface area (Å²) in [6.07, 6.45) is 5.43. The average Bonchev–Trinajstić information content (AvgIpc) is 2.99. The number of rotatable bonds is 6.